The van der Waals surface area contributed by atoms with Crippen molar-refractivity contribution in [2.24, 2.45) is 0 Å². The summed E-state index contributed by atoms with van der Waals surface area (Å²) in [5.74, 6) is -0.303. The van der Waals surface area contributed by atoms with Crippen molar-refractivity contribution in [3.8, 4) is 0 Å². The molecule has 24 heavy (non-hydrogen) atoms. The Morgan fingerprint density at radius 2 is 2.08 bits per heavy atom. The lowest BCUT2D eigenvalue weighted by molar-refractivity contribution is 0.0474. The van der Waals surface area contributed by atoms with Gasteiger partial charge >= 0.3 is 5.97 Å². The van der Waals surface area contributed by atoms with Crippen LogP contribution >= 0.6 is 11.3 Å². The van der Waals surface area contributed by atoms with Crippen LogP contribution < -0.4 is 5.32 Å². The molecule has 0 saturated heterocycles. The topological polar surface area (TPSA) is 51.2 Å². The molecule has 1 aromatic heterocycles. The van der Waals surface area contributed by atoms with Gasteiger partial charge in [-0.15, -0.1) is 11.3 Å². The number of anilines is 1. The highest BCUT2D eigenvalue weighted by Gasteiger charge is 2.28. The van der Waals surface area contributed by atoms with Gasteiger partial charge in [-0.05, 0) is 17.2 Å². The highest BCUT2D eigenvalue weighted by atomic mass is 32.1. The number of ether oxygens (including phenoxy) is 1. The Morgan fingerprint density at radius 1 is 1.21 bits per heavy atom. The summed E-state index contributed by atoms with van der Waals surface area (Å²) >= 11 is 1.62. The standard InChI is InChI=1S/C19H16N2O2S/c22-19(23-12-13-5-2-1-3-6-13)15-8-4-7-14-11-16(21-17(14)15)18-20-9-10-24-18/h1-10,16,21H,11-12H2. The van der Waals surface area contributed by atoms with Gasteiger partial charge in [0.1, 0.15) is 11.6 Å². The van der Waals surface area contributed by atoms with Crippen LogP contribution in [0.5, 0.6) is 0 Å². The number of nitrogens with zero attached hydrogens (tertiary/aromatic N) is 1. The molecule has 5 heteroatoms. The van der Waals surface area contributed by atoms with Crippen molar-refractivity contribution in [1.29, 1.82) is 0 Å². The van der Waals surface area contributed by atoms with Crippen molar-refractivity contribution in [3.63, 3.8) is 0 Å². The normalized spacial score (nSPS) is 15.6. The molecule has 0 aliphatic carbocycles. The van der Waals surface area contributed by atoms with E-state index in [1.54, 1.807) is 17.5 Å². The summed E-state index contributed by atoms with van der Waals surface area (Å²) in [6.07, 6.45) is 2.64. The smallest absolute Gasteiger partial charge is 0.340 e. The molecule has 3 aromatic rings. The summed E-state index contributed by atoms with van der Waals surface area (Å²) in [4.78, 5) is 16.9. The van der Waals surface area contributed by atoms with Crippen LogP contribution in [0, 0.1) is 0 Å². The second kappa shape index (κ2) is 6.45. The summed E-state index contributed by atoms with van der Waals surface area (Å²) in [6, 6.07) is 15.6. The fourth-order valence-electron chi connectivity index (χ4n) is 2.91. The average molecular weight is 336 g/mol. The van der Waals surface area contributed by atoms with Crippen molar-refractivity contribution in [2.75, 3.05) is 5.32 Å². The van der Waals surface area contributed by atoms with E-state index in [9.17, 15) is 4.79 Å². The van der Waals surface area contributed by atoms with Gasteiger partial charge in [0.2, 0.25) is 0 Å². The molecule has 4 rings (SSSR count). The Bertz CT molecular complexity index is 847. The van der Waals surface area contributed by atoms with Crippen LogP contribution in [0.25, 0.3) is 0 Å². The number of fused-ring (bicyclic) bond motifs is 1. The summed E-state index contributed by atoms with van der Waals surface area (Å²) in [7, 11) is 0. The molecule has 2 heterocycles. The van der Waals surface area contributed by atoms with Gasteiger partial charge < -0.3 is 10.1 Å². The number of esters is 1. The predicted molar refractivity (Wildman–Crippen MR) is 94.2 cm³/mol. The minimum Gasteiger partial charge on any atom is -0.457 e. The van der Waals surface area contributed by atoms with Gasteiger partial charge in [0.15, 0.2) is 0 Å². The Kier molecular flexibility index (Phi) is 4.01. The molecule has 1 atom stereocenters. The SMILES string of the molecule is O=C(OCc1ccccc1)c1cccc2c1NC(c1nccs1)C2. The molecule has 4 nitrogen and oxygen atoms in total. The Balaban J connectivity index is 1.51. The molecule has 2 aromatic carbocycles. The Hall–Kier alpha value is -2.66. The second-order valence-corrected chi connectivity index (χ2v) is 6.60. The van der Waals surface area contributed by atoms with Crippen molar-refractivity contribution < 1.29 is 9.53 Å². The molecule has 1 N–H and O–H groups in total. The van der Waals surface area contributed by atoms with Gasteiger partial charge in [-0.1, -0.05) is 42.5 Å². The van der Waals surface area contributed by atoms with Gasteiger partial charge in [0, 0.05) is 18.0 Å². The van der Waals surface area contributed by atoms with E-state index in [1.165, 1.54) is 0 Å². The molecule has 1 aliphatic rings. The van der Waals surface area contributed by atoms with Crippen molar-refractivity contribution in [3.05, 3.63) is 81.8 Å². The molecular formula is C19H16N2O2S. The minimum absolute atomic E-state index is 0.128. The fourth-order valence-corrected chi connectivity index (χ4v) is 3.60. The van der Waals surface area contributed by atoms with E-state index in [4.69, 9.17) is 4.74 Å². The van der Waals surface area contributed by atoms with Crippen molar-refractivity contribution in [1.82, 2.24) is 4.98 Å². The first-order valence-corrected chi connectivity index (χ1v) is 8.68. The number of rotatable bonds is 4. The molecule has 0 fully saturated rings. The van der Waals surface area contributed by atoms with Crippen molar-refractivity contribution >= 4 is 23.0 Å². The quantitative estimate of drug-likeness (QED) is 0.725. The van der Waals surface area contributed by atoms with Gasteiger partial charge in [-0.25, -0.2) is 9.78 Å². The summed E-state index contributed by atoms with van der Waals surface area (Å²) in [5, 5.41) is 6.44. The number of carbonyl (C=O) groups is 1. The van der Waals surface area contributed by atoms with Crippen molar-refractivity contribution in [2.45, 2.75) is 19.1 Å². The number of aromatic nitrogens is 1. The van der Waals surface area contributed by atoms with Crippen LogP contribution in [0.2, 0.25) is 0 Å². The zero-order valence-electron chi connectivity index (χ0n) is 12.9. The third-order valence-corrected chi connectivity index (χ3v) is 4.96. The van der Waals surface area contributed by atoms with E-state index in [2.05, 4.69) is 10.3 Å². The van der Waals surface area contributed by atoms with Crippen LogP contribution in [-0.2, 0) is 17.8 Å². The molecule has 0 amide bonds. The summed E-state index contributed by atoms with van der Waals surface area (Å²) < 4.78 is 5.47. The number of hydrogen-bond acceptors (Lipinski definition) is 5. The summed E-state index contributed by atoms with van der Waals surface area (Å²) in [5.41, 5.74) is 3.56. The number of benzene rings is 2. The predicted octanol–water partition coefficient (Wildman–Crippen LogP) is 4.21. The number of carbonyl (C=O) groups excluding carboxylic acids is 1. The van der Waals surface area contributed by atoms with E-state index in [0.717, 1.165) is 28.2 Å². The number of thiazole rings is 1. The van der Waals surface area contributed by atoms with Gasteiger partial charge in [0.05, 0.1) is 17.3 Å². The van der Waals surface area contributed by atoms with E-state index < -0.39 is 0 Å². The largest absolute Gasteiger partial charge is 0.457 e. The fraction of sp³-hybridized carbons (Fsp3) is 0.158. The van der Waals surface area contributed by atoms with Crippen LogP contribution in [0.15, 0.2) is 60.1 Å². The first-order chi connectivity index (χ1) is 11.8. The molecule has 0 radical (unpaired) electrons. The lowest BCUT2D eigenvalue weighted by atomic mass is 10.1. The van der Waals surface area contributed by atoms with Crippen LogP contribution in [0.3, 0.4) is 0 Å². The number of hydrogen-bond donors (Lipinski definition) is 1. The van der Waals surface area contributed by atoms with Gasteiger partial charge in [0.25, 0.3) is 0 Å². The third kappa shape index (κ3) is 2.90. The zero-order chi connectivity index (χ0) is 16.4. The molecule has 0 saturated carbocycles. The molecule has 0 bridgehead atoms. The lowest BCUT2D eigenvalue weighted by Crippen LogP contribution is -2.10. The zero-order valence-corrected chi connectivity index (χ0v) is 13.8. The van der Waals surface area contributed by atoms with E-state index in [1.807, 2.05) is 53.9 Å². The van der Waals surface area contributed by atoms with Crippen LogP contribution in [-0.4, -0.2) is 11.0 Å². The van der Waals surface area contributed by atoms with Crippen LogP contribution in [0.1, 0.15) is 32.5 Å². The lowest BCUT2D eigenvalue weighted by Gasteiger charge is -2.11. The first kappa shape index (κ1) is 14.9. The monoisotopic (exact) mass is 336 g/mol. The molecular weight excluding hydrogens is 320 g/mol. The van der Waals surface area contributed by atoms with E-state index in [-0.39, 0.29) is 18.6 Å². The highest BCUT2D eigenvalue weighted by molar-refractivity contribution is 7.09. The number of para-hydroxylation sites is 1. The van der Waals surface area contributed by atoms with E-state index in [0.29, 0.717) is 5.56 Å². The third-order valence-electron chi connectivity index (χ3n) is 4.08. The van der Waals surface area contributed by atoms with Gasteiger partial charge in [-0.2, -0.15) is 0 Å². The Labute approximate surface area is 144 Å². The van der Waals surface area contributed by atoms with Crippen LogP contribution in [0.4, 0.5) is 5.69 Å². The van der Waals surface area contributed by atoms with E-state index >= 15 is 0 Å². The summed E-state index contributed by atoms with van der Waals surface area (Å²) in [6.45, 7) is 0.277. The minimum atomic E-state index is -0.303. The maximum Gasteiger partial charge on any atom is 0.340 e. The Morgan fingerprint density at radius 3 is 2.88 bits per heavy atom. The molecule has 1 unspecified atom stereocenters. The average Bonchev–Trinajstić information content (AvgIpc) is 3.29. The maximum atomic E-state index is 12.5. The second-order valence-electron chi connectivity index (χ2n) is 5.67. The first-order valence-electron chi connectivity index (χ1n) is 7.80. The highest BCUT2D eigenvalue weighted by Crippen LogP contribution is 2.37. The molecule has 0 spiro atoms. The molecule has 120 valence electrons. The molecule has 1 aliphatic heterocycles. The maximum absolute atomic E-state index is 12.5. The number of nitrogens with one attached hydrogen (secondary N) is 1. The van der Waals surface area contributed by atoms with Gasteiger partial charge in [-0.3, -0.25) is 0 Å².